The maximum absolute atomic E-state index is 11.6. The van der Waals surface area contributed by atoms with Gasteiger partial charge in [0.15, 0.2) is 0 Å². The molecule has 2 rings (SSSR count). The number of nitrogens with zero attached hydrogens (tertiary/aromatic N) is 1. The van der Waals surface area contributed by atoms with Gasteiger partial charge in [0, 0.05) is 19.0 Å². The van der Waals surface area contributed by atoms with Crippen molar-refractivity contribution < 1.29 is 4.79 Å². The van der Waals surface area contributed by atoms with Crippen LogP contribution in [-0.4, -0.2) is 49.6 Å². The topological polar surface area (TPSA) is 44.4 Å². The van der Waals surface area contributed by atoms with Gasteiger partial charge in [0.25, 0.3) is 0 Å². The first-order chi connectivity index (χ1) is 8.34. The summed E-state index contributed by atoms with van der Waals surface area (Å²) in [4.78, 5) is 14.1. The minimum Gasteiger partial charge on any atom is -0.356 e. The molecule has 4 nitrogen and oxygen atoms in total. The first-order valence-electron chi connectivity index (χ1n) is 7.07. The molecule has 0 spiro atoms. The van der Waals surface area contributed by atoms with E-state index >= 15 is 0 Å². The van der Waals surface area contributed by atoms with E-state index in [1.54, 1.807) is 0 Å². The van der Waals surface area contributed by atoms with Gasteiger partial charge in [-0.15, -0.1) is 24.8 Å². The Kier molecular flexibility index (Phi) is 10.7. The summed E-state index contributed by atoms with van der Waals surface area (Å²) in [7, 11) is 0. The van der Waals surface area contributed by atoms with Crippen LogP contribution in [0.5, 0.6) is 0 Å². The highest BCUT2D eigenvalue weighted by molar-refractivity contribution is 5.85. The Morgan fingerprint density at radius 2 is 1.95 bits per heavy atom. The average Bonchev–Trinajstić information content (AvgIpc) is 2.96. The van der Waals surface area contributed by atoms with E-state index in [9.17, 15) is 4.79 Å². The second kappa shape index (κ2) is 10.7. The molecule has 0 bridgehead atoms. The van der Waals surface area contributed by atoms with E-state index in [-0.39, 0.29) is 30.7 Å². The first kappa shape index (κ1) is 19.0. The Labute approximate surface area is 128 Å². The molecule has 6 heteroatoms. The lowest BCUT2D eigenvalue weighted by Gasteiger charge is -2.15. The SMILES string of the molecule is Cl.Cl.O=C(CC1CCCN1)NCCCN1CCCC1. The molecular weight excluding hydrogens is 285 g/mol. The smallest absolute Gasteiger partial charge is 0.221 e. The van der Waals surface area contributed by atoms with E-state index < -0.39 is 0 Å². The number of rotatable bonds is 6. The largest absolute Gasteiger partial charge is 0.356 e. The van der Waals surface area contributed by atoms with Crippen LogP contribution in [0.4, 0.5) is 0 Å². The van der Waals surface area contributed by atoms with Crippen LogP contribution >= 0.6 is 24.8 Å². The molecule has 114 valence electrons. The van der Waals surface area contributed by atoms with Crippen LogP contribution in [0.3, 0.4) is 0 Å². The van der Waals surface area contributed by atoms with Crippen LogP contribution in [0, 0.1) is 0 Å². The van der Waals surface area contributed by atoms with Crippen molar-refractivity contribution in [2.45, 2.75) is 44.6 Å². The molecule has 2 aliphatic rings. The van der Waals surface area contributed by atoms with Crippen LogP contribution in [0.1, 0.15) is 38.5 Å². The number of halogens is 2. The van der Waals surface area contributed by atoms with Crippen LogP contribution < -0.4 is 10.6 Å². The normalized spacial score (nSPS) is 22.6. The minimum absolute atomic E-state index is 0. The number of hydrogen-bond donors (Lipinski definition) is 2. The van der Waals surface area contributed by atoms with Crippen molar-refractivity contribution in [2.24, 2.45) is 0 Å². The summed E-state index contributed by atoms with van der Waals surface area (Å²) in [6.07, 6.45) is 6.81. The maximum Gasteiger partial charge on any atom is 0.221 e. The molecule has 0 saturated carbocycles. The van der Waals surface area contributed by atoms with E-state index in [0.29, 0.717) is 12.5 Å². The van der Waals surface area contributed by atoms with Gasteiger partial charge in [-0.3, -0.25) is 4.79 Å². The average molecular weight is 312 g/mol. The van der Waals surface area contributed by atoms with Crippen molar-refractivity contribution in [1.82, 2.24) is 15.5 Å². The highest BCUT2D eigenvalue weighted by Crippen LogP contribution is 2.08. The van der Waals surface area contributed by atoms with Gasteiger partial charge in [0.2, 0.25) is 5.91 Å². The predicted octanol–water partition coefficient (Wildman–Crippen LogP) is 1.57. The molecule has 2 aliphatic heterocycles. The third-order valence-electron chi connectivity index (χ3n) is 3.77. The zero-order valence-corrected chi connectivity index (χ0v) is 13.2. The number of amides is 1. The summed E-state index contributed by atoms with van der Waals surface area (Å²) in [5, 5.41) is 6.38. The van der Waals surface area contributed by atoms with Crippen molar-refractivity contribution in [1.29, 1.82) is 0 Å². The third kappa shape index (κ3) is 7.35. The number of carbonyl (C=O) groups excluding carboxylic acids is 1. The summed E-state index contributed by atoms with van der Waals surface area (Å²) in [5.74, 6) is 0.214. The number of likely N-dealkylation sites (tertiary alicyclic amines) is 1. The van der Waals surface area contributed by atoms with Crippen LogP contribution in [0.2, 0.25) is 0 Å². The molecule has 2 heterocycles. The zero-order chi connectivity index (χ0) is 11.9. The molecule has 0 aromatic carbocycles. The van der Waals surface area contributed by atoms with Gasteiger partial charge < -0.3 is 15.5 Å². The van der Waals surface area contributed by atoms with Crippen LogP contribution in [-0.2, 0) is 4.79 Å². The lowest BCUT2D eigenvalue weighted by molar-refractivity contribution is -0.121. The Hall–Kier alpha value is -0.0300. The van der Waals surface area contributed by atoms with Gasteiger partial charge in [-0.25, -0.2) is 0 Å². The Balaban J connectivity index is 0.00000162. The second-order valence-electron chi connectivity index (χ2n) is 5.25. The summed E-state index contributed by atoms with van der Waals surface area (Å²) in [6.45, 7) is 5.55. The predicted molar refractivity (Wildman–Crippen MR) is 83.4 cm³/mol. The van der Waals surface area contributed by atoms with Crippen molar-refractivity contribution in [3.63, 3.8) is 0 Å². The number of nitrogens with one attached hydrogen (secondary N) is 2. The van der Waals surface area contributed by atoms with E-state index in [1.165, 1.54) is 32.4 Å². The molecule has 0 aromatic heterocycles. The molecule has 1 unspecified atom stereocenters. The fourth-order valence-electron chi connectivity index (χ4n) is 2.76. The fraction of sp³-hybridized carbons (Fsp3) is 0.923. The molecule has 1 amide bonds. The lowest BCUT2D eigenvalue weighted by Crippen LogP contribution is -2.33. The van der Waals surface area contributed by atoms with Crippen molar-refractivity contribution in [3.05, 3.63) is 0 Å². The van der Waals surface area contributed by atoms with E-state index in [0.717, 1.165) is 32.5 Å². The van der Waals surface area contributed by atoms with Crippen molar-refractivity contribution in [2.75, 3.05) is 32.7 Å². The Morgan fingerprint density at radius 3 is 2.58 bits per heavy atom. The number of hydrogen-bond acceptors (Lipinski definition) is 3. The monoisotopic (exact) mass is 311 g/mol. The van der Waals surface area contributed by atoms with Gasteiger partial charge in [0.05, 0.1) is 0 Å². The Morgan fingerprint density at radius 1 is 1.21 bits per heavy atom. The molecule has 1 atom stereocenters. The lowest BCUT2D eigenvalue weighted by atomic mass is 10.1. The van der Waals surface area contributed by atoms with E-state index in [4.69, 9.17) is 0 Å². The van der Waals surface area contributed by atoms with Gasteiger partial charge >= 0.3 is 0 Å². The zero-order valence-electron chi connectivity index (χ0n) is 11.5. The first-order valence-corrected chi connectivity index (χ1v) is 7.07. The van der Waals surface area contributed by atoms with Gasteiger partial charge in [-0.05, 0) is 58.3 Å². The summed E-state index contributed by atoms with van der Waals surface area (Å²) in [6, 6.07) is 0.425. The minimum atomic E-state index is 0. The molecule has 2 saturated heterocycles. The summed E-state index contributed by atoms with van der Waals surface area (Å²) >= 11 is 0. The Bertz CT molecular complexity index is 242. The van der Waals surface area contributed by atoms with Crippen molar-refractivity contribution in [3.8, 4) is 0 Å². The molecular formula is C13H27Cl2N3O. The highest BCUT2D eigenvalue weighted by Gasteiger charge is 2.17. The van der Waals surface area contributed by atoms with Crippen LogP contribution in [0.25, 0.3) is 0 Å². The van der Waals surface area contributed by atoms with Crippen molar-refractivity contribution >= 4 is 30.7 Å². The summed E-state index contributed by atoms with van der Waals surface area (Å²) in [5.41, 5.74) is 0. The van der Waals surface area contributed by atoms with Crippen LogP contribution in [0.15, 0.2) is 0 Å². The quantitative estimate of drug-likeness (QED) is 0.732. The molecule has 2 N–H and O–H groups in total. The molecule has 19 heavy (non-hydrogen) atoms. The summed E-state index contributed by atoms with van der Waals surface area (Å²) < 4.78 is 0. The molecule has 0 aromatic rings. The molecule has 0 aliphatic carbocycles. The standard InChI is InChI=1S/C13H25N3O.2ClH/c17-13(11-12-5-3-6-14-12)15-7-4-10-16-8-1-2-9-16;;/h12,14H,1-11H2,(H,15,17);2*1H. The van der Waals surface area contributed by atoms with Gasteiger partial charge in [-0.2, -0.15) is 0 Å². The maximum atomic E-state index is 11.6. The third-order valence-corrected chi connectivity index (χ3v) is 3.77. The fourth-order valence-corrected chi connectivity index (χ4v) is 2.76. The van der Waals surface area contributed by atoms with E-state index in [2.05, 4.69) is 15.5 Å². The highest BCUT2D eigenvalue weighted by atomic mass is 35.5. The molecule has 0 radical (unpaired) electrons. The van der Waals surface area contributed by atoms with E-state index in [1.807, 2.05) is 0 Å². The van der Waals surface area contributed by atoms with Gasteiger partial charge in [-0.1, -0.05) is 0 Å². The molecule has 2 fully saturated rings. The van der Waals surface area contributed by atoms with Gasteiger partial charge in [0.1, 0.15) is 0 Å². The second-order valence-corrected chi connectivity index (χ2v) is 5.25. The number of carbonyl (C=O) groups is 1.